The van der Waals surface area contributed by atoms with Crippen LogP contribution in [0.5, 0.6) is 5.75 Å². The van der Waals surface area contributed by atoms with E-state index in [1.807, 2.05) is 48.5 Å². The molecule has 3 aromatic rings. The van der Waals surface area contributed by atoms with Gasteiger partial charge in [0.05, 0.1) is 6.26 Å². The minimum Gasteiger partial charge on any atom is -0.489 e. The number of halogens is 1. The van der Waals surface area contributed by atoms with Gasteiger partial charge >= 0.3 is 0 Å². The van der Waals surface area contributed by atoms with Gasteiger partial charge in [-0.15, -0.1) is 0 Å². The minimum absolute atomic E-state index is 0.205. The summed E-state index contributed by atoms with van der Waals surface area (Å²) < 4.78 is 11.2. The molecular weight excluding hydrogens is 400 g/mol. The van der Waals surface area contributed by atoms with E-state index in [1.54, 1.807) is 6.07 Å². The van der Waals surface area contributed by atoms with E-state index in [-0.39, 0.29) is 12.5 Å². The van der Waals surface area contributed by atoms with E-state index in [1.165, 1.54) is 17.5 Å². The number of para-hydroxylation sites is 1. The number of furan rings is 1. The molecule has 0 aliphatic carbocycles. The Labute approximate surface area is 181 Å². The summed E-state index contributed by atoms with van der Waals surface area (Å²) in [7, 11) is 0. The molecule has 4 rings (SSSR count). The number of carbonyl (C=O) groups excluding carboxylic acids is 1. The third kappa shape index (κ3) is 4.79. The number of nitrogens with zero attached hydrogens (tertiary/aromatic N) is 1. The van der Waals surface area contributed by atoms with Crippen molar-refractivity contribution in [3.63, 3.8) is 0 Å². The second-order valence-corrected chi connectivity index (χ2v) is 8.05. The Morgan fingerprint density at radius 1 is 1.23 bits per heavy atom. The average Bonchev–Trinajstić information content (AvgIpc) is 3.42. The normalized spacial score (nSPS) is 15.9. The van der Waals surface area contributed by atoms with Crippen LogP contribution >= 0.6 is 11.6 Å². The monoisotopic (exact) mass is 424 g/mol. The highest BCUT2D eigenvalue weighted by atomic mass is 35.5. The lowest BCUT2D eigenvalue weighted by atomic mass is 10.1. The number of aryl methyl sites for hydroxylation is 1. The van der Waals surface area contributed by atoms with Gasteiger partial charge in [0.2, 0.25) is 0 Å². The maximum atomic E-state index is 12.7. The number of carbonyl (C=O) groups is 1. The minimum atomic E-state index is -0.205. The molecule has 0 bridgehead atoms. The van der Waals surface area contributed by atoms with Crippen molar-refractivity contribution in [1.82, 2.24) is 5.32 Å². The zero-order valence-corrected chi connectivity index (χ0v) is 17.7. The van der Waals surface area contributed by atoms with Gasteiger partial charge in [-0.1, -0.05) is 35.9 Å². The zero-order valence-electron chi connectivity index (χ0n) is 16.9. The Bertz CT molecular complexity index is 1000. The fourth-order valence-corrected chi connectivity index (χ4v) is 3.95. The molecule has 1 unspecified atom stereocenters. The smallest absolute Gasteiger partial charge is 0.287 e. The summed E-state index contributed by atoms with van der Waals surface area (Å²) in [5.41, 5.74) is 3.12. The Hall–Kier alpha value is -2.92. The first-order chi connectivity index (χ1) is 14.6. The first-order valence-electron chi connectivity index (χ1n) is 10.1. The van der Waals surface area contributed by atoms with Crippen LogP contribution < -0.4 is 15.0 Å². The number of hydrogen-bond donors (Lipinski definition) is 1. The molecule has 2 aromatic carbocycles. The van der Waals surface area contributed by atoms with Crippen molar-refractivity contribution in [3.8, 4) is 5.75 Å². The summed E-state index contributed by atoms with van der Waals surface area (Å²) >= 11 is 6.17. The number of benzene rings is 2. The van der Waals surface area contributed by atoms with Crippen molar-refractivity contribution in [2.24, 2.45) is 5.92 Å². The quantitative estimate of drug-likeness (QED) is 0.574. The van der Waals surface area contributed by atoms with Crippen LogP contribution in [-0.2, 0) is 6.61 Å². The van der Waals surface area contributed by atoms with Gasteiger partial charge in [-0.3, -0.25) is 4.79 Å². The molecule has 1 aliphatic heterocycles. The Morgan fingerprint density at radius 3 is 2.90 bits per heavy atom. The fraction of sp³-hybridized carbons (Fsp3) is 0.292. The summed E-state index contributed by atoms with van der Waals surface area (Å²) in [6.45, 7) is 4.84. The molecule has 1 fully saturated rings. The van der Waals surface area contributed by atoms with E-state index < -0.39 is 0 Å². The first-order valence-corrected chi connectivity index (χ1v) is 10.5. The number of hydrogen-bond acceptors (Lipinski definition) is 4. The zero-order chi connectivity index (χ0) is 20.9. The molecule has 5 nitrogen and oxygen atoms in total. The van der Waals surface area contributed by atoms with E-state index in [2.05, 4.69) is 17.1 Å². The van der Waals surface area contributed by atoms with E-state index in [0.29, 0.717) is 18.2 Å². The van der Waals surface area contributed by atoms with Crippen LogP contribution in [-0.4, -0.2) is 25.5 Å². The maximum absolute atomic E-state index is 12.7. The number of rotatable bonds is 7. The molecule has 0 saturated carbocycles. The lowest BCUT2D eigenvalue weighted by Crippen LogP contribution is -2.31. The topological polar surface area (TPSA) is 54.7 Å². The van der Waals surface area contributed by atoms with Crippen LogP contribution in [0, 0.1) is 12.8 Å². The Morgan fingerprint density at radius 2 is 2.07 bits per heavy atom. The SMILES string of the molecule is Cc1ccc(Cl)cc1N1CCC(CNC(=O)c2occc2COc2ccccc2)C1. The second-order valence-electron chi connectivity index (χ2n) is 7.62. The summed E-state index contributed by atoms with van der Waals surface area (Å²) in [6.07, 6.45) is 2.55. The standard InChI is InChI=1S/C24H25ClN2O3/c1-17-7-8-20(25)13-22(17)27-11-9-18(15-27)14-26-24(28)23-19(10-12-29-23)16-30-21-5-3-2-4-6-21/h2-8,10,12-13,18H,9,11,14-16H2,1H3,(H,26,28). The van der Waals surface area contributed by atoms with Crippen molar-refractivity contribution in [1.29, 1.82) is 0 Å². The van der Waals surface area contributed by atoms with Gasteiger partial charge in [0, 0.05) is 35.9 Å². The summed E-state index contributed by atoms with van der Waals surface area (Å²) in [4.78, 5) is 15.0. The number of anilines is 1. The predicted octanol–water partition coefficient (Wildman–Crippen LogP) is 5.08. The molecule has 2 heterocycles. The largest absolute Gasteiger partial charge is 0.489 e. The predicted molar refractivity (Wildman–Crippen MR) is 118 cm³/mol. The molecule has 0 radical (unpaired) electrons. The summed E-state index contributed by atoms with van der Waals surface area (Å²) in [6, 6.07) is 17.3. The van der Waals surface area contributed by atoms with Crippen molar-refractivity contribution in [3.05, 3.63) is 82.8 Å². The van der Waals surface area contributed by atoms with Gasteiger partial charge in [-0.25, -0.2) is 0 Å². The first kappa shape index (κ1) is 20.4. The third-order valence-electron chi connectivity index (χ3n) is 5.44. The fourth-order valence-electron chi connectivity index (χ4n) is 3.78. The number of amides is 1. The molecule has 1 atom stereocenters. The molecule has 0 spiro atoms. The van der Waals surface area contributed by atoms with E-state index in [0.717, 1.165) is 35.8 Å². The van der Waals surface area contributed by atoms with Gasteiger partial charge in [0.25, 0.3) is 5.91 Å². The van der Waals surface area contributed by atoms with Gasteiger partial charge in [0.1, 0.15) is 12.4 Å². The number of ether oxygens (including phenoxy) is 1. The highest BCUT2D eigenvalue weighted by molar-refractivity contribution is 6.30. The van der Waals surface area contributed by atoms with Crippen molar-refractivity contribution in [2.45, 2.75) is 20.0 Å². The average molecular weight is 425 g/mol. The van der Waals surface area contributed by atoms with E-state index in [9.17, 15) is 4.79 Å². The second kappa shape index (κ2) is 9.26. The lowest BCUT2D eigenvalue weighted by Gasteiger charge is -2.21. The van der Waals surface area contributed by atoms with Crippen LogP contribution in [0.25, 0.3) is 0 Å². The van der Waals surface area contributed by atoms with E-state index >= 15 is 0 Å². The van der Waals surface area contributed by atoms with Gasteiger partial charge in [0.15, 0.2) is 5.76 Å². The van der Waals surface area contributed by atoms with Gasteiger partial charge in [-0.05, 0) is 55.2 Å². The van der Waals surface area contributed by atoms with Crippen molar-refractivity contribution >= 4 is 23.2 Å². The van der Waals surface area contributed by atoms with Crippen LogP contribution in [0.3, 0.4) is 0 Å². The Balaban J connectivity index is 1.30. The molecular formula is C24H25ClN2O3. The summed E-state index contributed by atoms with van der Waals surface area (Å²) in [5, 5.41) is 3.77. The van der Waals surface area contributed by atoms with Crippen LogP contribution in [0.1, 0.15) is 28.1 Å². The van der Waals surface area contributed by atoms with Gasteiger partial charge < -0.3 is 19.4 Å². The molecule has 1 amide bonds. The maximum Gasteiger partial charge on any atom is 0.287 e. The third-order valence-corrected chi connectivity index (χ3v) is 5.67. The molecule has 1 aliphatic rings. The lowest BCUT2D eigenvalue weighted by molar-refractivity contribution is 0.0917. The molecule has 1 N–H and O–H groups in total. The Kier molecular flexibility index (Phi) is 6.29. The highest BCUT2D eigenvalue weighted by Gasteiger charge is 2.25. The van der Waals surface area contributed by atoms with Crippen molar-refractivity contribution in [2.75, 3.05) is 24.5 Å². The highest BCUT2D eigenvalue weighted by Crippen LogP contribution is 2.29. The van der Waals surface area contributed by atoms with E-state index in [4.69, 9.17) is 20.8 Å². The summed E-state index contributed by atoms with van der Waals surface area (Å²) in [5.74, 6) is 1.24. The molecule has 1 aromatic heterocycles. The molecule has 30 heavy (non-hydrogen) atoms. The van der Waals surface area contributed by atoms with Gasteiger partial charge in [-0.2, -0.15) is 0 Å². The van der Waals surface area contributed by atoms with Crippen molar-refractivity contribution < 1.29 is 13.9 Å². The molecule has 1 saturated heterocycles. The van der Waals surface area contributed by atoms with Crippen LogP contribution in [0.15, 0.2) is 65.3 Å². The van der Waals surface area contributed by atoms with Crippen LogP contribution in [0.4, 0.5) is 5.69 Å². The number of nitrogens with one attached hydrogen (secondary N) is 1. The van der Waals surface area contributed by atoms with Crippen LogP contribution in [0.2, 0.25) is 5.02 Å². The molecule has 6 heteroatoms. The molecule has 156 valence electrons.